The molecule has 0 aliphatic heterocycles. The molecular weight excluding hydrogens is 414 g/mol. The highest BCUT2D eigenvalue weighted by Crippen LogP contribution is 2.20. The number of aromatic amines is 1. The maximum Gasteiger partial charge on any atom is 0.417 e. The van der Waals surface area contributed by atoms with Gasteiger partial charge in [0, 0.05) is 12.1 Å². The van der Waals surface area contributed by atoms with Crippen molar-refractivity contribution in [1.82, 2.24) is 4.98 Å². The van der Waals surface area contributed by atoms with Crippen LogP contribution in [0.4, 0.5) is 0 Å². The van der Waals surface area contributed by atoms with Gasteiger partial charge in [0.25, 0.3) is 10.1 Å². The Bertz CT molecular complexity index is 1400. The highest BCUT2D eigenvalue weighted by atomic mass is 32.2. The number of hydrogen-bond donors (Lipinski definition) is 1. The lowest BCUT2D eigenvalue weighted by atomic mass is 10.2. The standard InChI is InChI=1S/C20H15NO8S/c22-17-8-14(26-12-19(17)27-10-13-4-2-1-3-5-13)11-28-30(24,25)15-6-7-16-18(9-15)29-20(23)21-16/h1-9,12H,10-11H2,(H,21,23). The first kappa shape index (κ1) is 19.7. The minimum absolute atomic E-state index is 0.00148. The van der Waals surface area contributed by atoms with Crippen LogP contribution >= 0.6 is 0 Å². The lowest BCUT2D eigenvalue weighted by Gasteiger charge is -2.07. The Morgan fingerprint density at radius 3 is 2.53 bits per heavy atom. The molecule has 4 aromatic rings. The van der Waals surface area contributed by atoms with E-state index < -0.39 is 27.9 Å². The van der Waals surface area contributed by atoms with Gasteiger partial charge < -0.3 is 13.6 Å². The van der Waals surface area contributed by atoms with Crippen molar-refractivity contribution in [3.05, 3.63) is 93.0 Å². The fourth-order valence-electron chi connectivity index (χ4n) is 2.64. The molecule has 2 aromatic carbocycles. The van der Waals surface area contributed by atoms with Gasteiger partial charge in [-0.3, -0.25) is 14.0 Å². The summed E-state index contributed by atoms with van der Waals surface area (Å²) in [6.45, 7) is -0.306. The lowest BCUT2D eigenvalue weighted by Crippen LogP contribution is -2.10. The van der Waals surface area contributed by atoms with E-state index in [1.54, 1.807) is 0 Å². The maximum absolute atomic E-state index is 12.4. The summed E-state index contributed by atoms with van der Waals surface area (Å²) in [7, 11) is -4.18. The largest absolute Gasteiger partial charge is 0.482 e. The van der Waals surface area contributed by atoms with Crippen LogP contribution in [0.2, 0.25) is 0 Å². The second-order valence-electron chi connectivity index (χ2n) is 6.24. The normalized spacial score (nSPS) is 11.6. The highest BCUT2D eigenvalue weighted by molar-refractivity contribution is 7.86. The van der Waals surface area contributed by atoms with Crippen LogP contribution in [0, 0.1) is 0 Å². The van der Waals surface area contributed by atoms with Crippen molar-refractivity contribution in [1.29, 1.82) is 0 Å². The molecular formula is C20H15NO8S. The summed E-state index contributed by atoms with van der Waals surface area (Å²) in [4.78, 5) is 25.6. The minimum Gasteiger partial charge on any atom is -0.482 e. The van der Waals surface area contributed by atoms with E-state index in [9.17, 15) is 18.0 Å². The van der Waals surface area contributed by atoms with Crippen molar-refractivity contribution in [3.8, 4) is 5.75 Å². The van der Waals surface area contributed by atoms with Crippen LogP contribution in [-0.2, 0) is 27.5 Å². The lowest BCUT2D eigenvalue weighted by molar-refractivity contribution is 0.257. The molecule has 0 atom stereocenters. The van der Waals surface area contributed by atoms with E-state index >= 15 is 0 Å². The van der Waals surface area contributed by atoms with Crippen LogP contribution < -0.4 is 15.9 Å². The molecule has 0 saturated carbocycles. The van der Waals surface area contributed by atoms with Gasteiger partial charge in [-0.2, -0.15) is 8.42 Å². The molecule has 4 rings (SSSR count). The van der Waals surface area contributed by atoms with Crippen molar-refractivity contribution in [2.24, 2.45) is 0 Å². The van der Waals surface area contributed by atoms with E-state index in [0.717, 1.165) is 17.9 Å². The van der Waals surface area contributed by atoms with Crippen LogP contribution in [-0.4, -0.2) is 13.4 Å². The molecule has 2 heterocycles. The van der Waals surface area contributed by atoms with Gasteiger partial charge in [-0.05, 0) is 17.7 Å². The number of hydrogen-bond acceptors (Lipinski definition) is 8. The highest BCUT2D eigenvalue weighted by Gasteiger charge is 2.18. The molecule has 9 nitrogen and oxygen atoms in total. The van der Waals surface area contributed by atoms with E-state index in [4.69, 9.17) is 17.8 Å². The van der Waals surface area contributed by atoms with Crippen LogP contribution in [0.1, 0.15) is 11.3 Å². The van der Waals surface area contributed by atoms with Gasteiger partial charge in [0.15, 0.2) is 5.58 Å². The van der Waals surface area contributed by atoms with Crippen LogP contribution in [0.25, 0.3) is 11.1 Å². The zero-order valence-electron chi connectivity index (χ0n) is 15.4. The van der Waals surface area contributed by atoms with Gasteiger partial charge in [0.2, 0.25) is 11.2 Å². The Kier molecular flexibility index (Phi) is 5.25. The van der Waals surface area contributed by atoms with Gasteiger partial charge >= 0.3 is 5.76 Å². The monoisotopic (exact) mass is 429 g/mol. The quantitative estimate of drug-likeness (QED) is 0.444. The Morgan fingerprint density at radius 1 is 0.967 bits per heavy atom. The van der Waals surface area contributed by atoms with E-state index in [0.29, 0.717) is 5.52 Å². The Balaban J connectivity index is 1.44. The Hall–Kier alpha value is -3.63. The second-order valence-corrected chi connectivity index (χ2v) is 7.85. The van der Waals surface area contributed by atoms with Gasteiger partial charge in [-0.1, -0.05) is 30.3 Å². The summed E-state index contributed by atoms with van der Waals surface area (Å²) < 4.78 is 45.2. The third-order valence-corrected chi connectivity index (χ3v) is 5.39. The topological polar surface area (TPSA) is 129 Å². The molecule has 0 radical (unpaired) electrons. The molecule has 0 unspecified atom stereocenters. The average molecular weight is 429 g/mol. The number of oxazole rings is 1. The summed E-state index contributed by atoms with van der Waals surface area (Å²) in [5.74, 6) is -0.694. The van der Waals surface area contributed by atoms with Gasteiger partial charge in [0.1, 0.15) is 25.2 Å². The molecule has 0 aliphatic carbocycles. The predicted molar refractivity (Wildman–Crippen MR) is 105 cm³/mol. The molecule has 1 N–H and O–H groups in total. The second kappa shape index (κ2) is 8.01. The fourth-order valence-corrected chi connectivity index (χ4v) is 3.53. The molecule has 2 aromatic heterocycles. The zero-order chi connectivity index (χ0) is 21.1. The summed E-state index contributed by atoms with van der Waals surface area (Å²) in [6, 6.07) is 14.2. The summed E-state index contributed by atoms with van der Waals surface area (Å²) >= 11 is 0. The van der Waals surface area contributed by atoms with Crippen molar-refractivity contribution in [2.75, 3.05) is 0 Å². The summed E-state index contributed by atoms with van der Waals surface area (Å²) in [6.07, 6.45) is 1.11. The van der Waals surface area contributed by atoms with Crippen molar-refractivity contribution in [3.63, 3.8) is 0 Å². The number of ether oxygens (including phenoxy) is 1. The van der Waals surface area contributed by atoms with Crippen LogP contribution in [0.5, 0.6) is 5.75 Å². The Labute approximate surface area is 169 Å². The number of H-pyrrole nitrogens is 1. The third kappa shape index (κ3) is 4.34. The molecule has 0 spiro atoms. The average Bonchev–Trinajstić information content (AvgIpc) is 3.11. The molecule has 0 bridgehead atoms. The van der Waals surface area contributed by atoms with Crippen LogP contribution in [0.3, 0.4) is 0 Å². The number of benzene rings is 2. The SMILES string of the molecule is O=c1[nH]c2ccc(S(=O)(=O)OCc3cc(=O)c(OCc4ccccc4)co3)cc2o1. The van der Waals surface area contributed by atoms with Crippen molar-refractivity contribution in [2.45, 2.75) is 18.1 Å². The molecule has 0 amide bonds. The number of rotatable bonds is 7. The van der Waals surface area contributed by atoms with Gasteiger partial charge in [-0.25, -0.2) is 4.79 Å². The first-order chi connectivity index (χ1) is 14.4. The third-order valence-electron chi connectivity index (χ3n) is 4.13. The van der Waals surface area contributed by atoms with Crippen molar-refractivity contribution < 1.29 is 26.2 Å². The van der Waals surface area contributed by atoms with Gasteiger partial charge in [-0.15, -0.1) is 0 Å². The molecule has 154 valence electrons. The molecule has 30 heavy (non-hydrogen) atoms. The van der Waals surface area contributed by atoms with Gasteiger partial charge in [0.05, 0.1) is 10.4 Å². The van der Waals surface area contributed by atoms with E-state index in [1.807, 2.05) is 30.3 Å². The molecule has 0 saturated heterocycles. The van der Waals surface area contributed by atoms with E-state index in [-0.39, 0.29) is 28.6 Å². The summed E-state index contributed by atoms with van der Waals surface area (Å²) in [5, 5.41) is 0. The number of fused-ring (bicyclic) bond motifs is 1. The molecule has 0 aliphatic rings. The fraction of sp³-hybridized carbons (Fsp3) is 0.100. The summed E-state index contributed by atoms with van der Waals surface area (Å²) in [5.41, 5.74) is 0.849. The van der Waals surface area contributed by atoms with E-state index in [1.165, 1.54) is 18.2 Å². The Morgan fingerprint density at radius 2 is 1.77 bits per heavy atom. The maximum atomic E-state index is 12.4. The van der Waals surface area contributed by atoms with Crippen LogP contribution in [0.15, 0.2) is 84.2 Å². The smallest absolute Gasteiger partial charge is 0.417 e. The number of nitrogens with one attached hydrogen (secondary N) is 1. The number of aromatic nitrogens is 1. The zero-order valence-corrected chi connectivity index (χ0v) is 16.2. The molecule has 10 heteroatoms. The van der Waals surface area contributed by atoms with Crippen molar-refractivity contribution >= 4 is 21.2 Å². The first-order valence-electron chi connectivity index (χ1n) is 8.71. The van der Waals surface area contributed by atoms with E-state index in [2.05, 4.69) is 4.98 Å². The minimum atomic E-state index is -4.18. The first-order valence-corrected chi connectivity index (χ1v) is 10.1. The predicted octanol–water partition coefficient (Wildman–Crippen LogP) is 2.56. The molecule has 0 fully saturated rings.